The molecule has 128 valence electrons. The number of benzene rings is 1. The minimum atomic E-state index is -0.609. The highest BCUT2D eigenvalue weighted by Gasteiger charge is 2.37. The van der Waals surface area contributed by atoms with Gasteiger partial charge in [0.2, 0.25) is 0 Å². The van der Waals surface area contributed by atoms with Gasteiger partial charge in [-0.15, -0.1) is 0 Å². The van der Waals surface area contributed by atoms with Gasteiger partial charge in [-0.3, -0.25) is 9.48 Å². The summed E-state index contributed by atoms with van der Waals surface area (Å²) in [5.74, 6) is -0.518. The largest absolute Gasteiger partial charge is 0.391 e. The predicted molar refractivity (Wildman–Crippen MR) is 88.2 cm³/mol. The molecule has 1 aromatic carbocycles. The summed E-state index contributed by atoms with van der Waals surface area (Å²) in [7, 11) is 0. The van der Waals surface area contributed by atoms with Crippen LogP contribution in [0.5, 0.6) is 0 Å². The van der Waals surface area contributed by atoms with Crippen LogP contribution in [0.1, 0.15) is 54.0 Å². The average molecular weight is 331 g/mol. The second-order valence-electron chi connectivity index (χ2n) is 6.60. The quantitative estimate of drug-likeness (QED) is 0.941. The Labute approximate surface area is 140 Å². The van der Waals surface area contributed by atoms with Crippen molar-refractivity contribution >= 4 is 5.91 Å². The van der Waals surface area contributed by atoms with E-state index in [0.717, 1.165) is 5.69 Å². The van der Waals surface area contributed by atoms with Crippen molar-refractivity contribution in [2.75, 3.05) is 6.54 Å². The highest BCUT2D eigenvalue weighted by atomic mass is 19.1. The van der Waals surface area contributed by atoms with Crippen LogP contribution in [0.4, 0.5) is 4.39 Å². The average Bonchev–Trinajstić information content (AvgIpc) is 3.10. The van der Waals surface area contributed by atoms with Crippen molar-refractivity contribution < 1.29 is 14.3 Å². The molecule has 24 heavy (non-hydrogen) atoms. The molecule has 1 aromatic heterocycles. The van der Waals surface area contributed by atoms with Crippen molar-refractivity contribution in [3.8, 4) is 0 Å². The first kappa shape index (κ1) is 16.6. The van der Waals surface area contributed by atoms with Crippen LogP contribution in [0.3, 0.4) is 0 Å². The van der Waals surface area contributed by atoms with Crippen LogP contribution in [-0.4, -0.2) is 38.3 Å². The molecule has 1 aliphatic rings. The van der Waals surface area contributed by atoms with Crippen molar-refractivity contribution in [2.24, 2.45) is 0 Å². The van der Waals surface area contributed by atoms with Crippen molar-refractivity contribution in [2.45, 2.75) is 45.4 Å². The van der Waals surface area contributed by atoms with E-state index < -0.39 is 6.10 Å². The number of hydrogen-bond acceptors (Lipinski definition) is 3. The van der Waals surface area contributed by atoms with E-state index in [1.807, 2.05) is 20.8 Å². The number of carbonyl (C=O) groups excluding carboxylic acids is 1. The summed E-state index contributed by atoms with van der Waals surface area (Å²) in [6, 6.07) is 6.04. The molecule has 1 saturated heterocycles. The lowest BCUT2D eigenvalue weighted by atomic mass is 10.0. The van der Waals surface area contributed by atoms with Crippen LogP contribution in [0, 0.1) is 12.7 Å². The monoisotopic (exact) mass is 331 g/mol. The van der Waals surface area contributed by atoms with Crippen LogP contribution in [0.2, 0.25) is 0 Å². The first-order valence-electron chi connectivity index (χ1n) is 8.17. The second kappa shape index (κ2) is 6.36. The minimum Gasteiger partial charge on any atom is -0.391 e. The highest BCUT2D eigenvalue weighted by Crippen LogP contribution is 2.34. The van der Waals surface area contributed by atoms with Gasteiger partial charge in [0.25, 0.3) is 5.91 Å². The zero-order chi connectivity index (χ0) is 17.4. The summed E-state index contributed by atoms with van der Waals surface area (Å²) in [4.78, 5) is 14.6. The molecule has 1 N–H and O–H groups in total. The third kappa shape index (κ3) is 2.94. The molecule has 0 bridgehead atoms. The normalized spacial score (nSPS) is 20.8. The maximum Gasteiger partial charge on any atom is 0.257 e. The molecule has 0 aliphatic carbocycles. The molecule has 2 heterocycles. The van der Waals surface area contributed by atoms with E-state index >= 15 is 0 Å². The number of rotatable bonds is 3. The van der Waals surface area contributed by atoms with Gasteiger partial charge in [0.15, 0.2) is 0 Å². The number of nitrogens with zero attached hydrogens (tertiary/aromatic N) is 3. The lowest BCUT2D eigenvalue weighted by Gasteiger charge is -2.25. The lowest BCUT2D eigenvalue weighted by molar-refractivity contribution is 0.0714. The molecule has 0 unspecified atom stereocenters. The predicted octanol–water partition coefficient (Wildman–Crippen LogP) is 2.86. The van der Waals surface area contributed by atoms with Crippen molar-refractivity contribution in [1.29, 1.82) is 0 Å². The molecule has 2 atom stereocenters. The first-order chi connectivity index (χ1) is 11.4. The van der Waals surface area contributed by atoms with Gasteiger partial charge in [0.05, 0.1) is 23.9 Å². The summed E-state index contributed by atoms with van der Waals surface area (Å²) < 4.78 is 15.3. The Kier molecular flexibility index (Phi) is 4.41. The van der Waals surface area contributed by atoms with Gasteiger partial charge in [-0.2, -0.15) is 5.10 Å². The summed E-state index contributed by atoms with van der Waals surface area (Å²) in [6.45, 7) is 6.11. The third-order valence-corrected chi connectivity index (χ3v) is 4.54. The Hall–Kier alpha value is -2.21. The molecule has 0 spiro atoms. The Morgan fingerprint density at radius 3 is 2.79 bits per heavy atom. The van der Waals surface area contributed by atoms with Gasteiger partial charge in [0, 0.05) is 18.3 Å². The van der Waals surface area contributed by atoms with Crippen LogP contribution in [-0.2, 0) is 0 Å². The van der Waals surface area contributed by atoms with Crippen LogP contribution >= 0.6 is 0 Å². The van der Waals surface area contributed by atoms with E-state index in [2.05, 4.69) is 5.10 Å². The van der Waals surface area contributed by atoms with Gasteiger partial charge in [-0.25, -0.2) is 4.39 Å². The molecule has 2 aromatic rings. The van der Waals surface area contributed by atoms with E-state index in [-0.39, 0.29) is 30.4 Å². The smallest absolute Gasteiger partial charge is 0.257 e. The Morgan fingerprint density at radius 1 is 1.42 bits per heavy atom. The van der Waals surface area contributed by atoms with Gasteiger partial charge in [-0.1, -0.05) is 12.1 Å². The second-order valence-corrected chi connectivity index (χ2v) is 6.60. The zero-order valence-corrected chi connectivity index (χ0v) is 14.1. The first-order valence-corrected chi connectivity index (χ1v) is 8.17. The number of halogens is 1. The molecule has 6 heteroatoms. The summed E-state index contributed by atoms with van der Waals surface area (Å²) >= 11 is 0. The van der Waals surface area contributed by atoms with E-state index in [9.17, 15) is 14.3 Å². The van der Waals surface area contributed by atoms with Crippen LogP contribution < -0.4 is 0 Å². The van der Waals surface area contributed by atoms with Gasteiger partial charge >= 0.3 is 0 Å². The molecule has 0 saturated carbocycles. The van der Waals surface area contributed by atoms with E-state index in [4.69, 9.17) is 0 Å². The standard InChI is InChI=1S/C18H22FN3O2/c1-11(2)22-12(3)16(9-20-22)18(24)21-10-15(23)8-17(21)13-5-4-6-14(19)7-13/h4-7,9,11,15,17,23H,8,10H2,1-3H3/t15-,17-/m0/s1. The van der Waals surface area contributed by atoms with Crippen molar-refractivity contribution in [3.05, 3.63) is 53.1 Å². The molecule has 1 amide bonds. The number of likely N-dealkylation sites (tertiary alicyclic amines) is 1. The van der Waals surface area contributed by atoms with Gasteiger partial charge in [-0.05, 0) is 44.9 Å². The molecular weight excluding hydrogens is 309 g/mol. The fourth-order valence-corrected chi connectivity index (χ4v) is 3.38. The Balaban J connectivity index is 1.93. The topological polar surface area (TPSA) is 58.4 Å². The van der Waals surface area contributed by atoms with Gasteiger partial charge < -0.3 is 10.0 Å². The van der Waals surface area contributed by atoms with E-state index in [1.54, 1.807) is 27.9 Å². The molecule has 3 rings (SSSR count). The molecule has 1 fully saturated rings. The Bertz CT molecular complexity index is 756. The molecule has 0 radical (unpaired) electrons. The lowest BCUT2D eigenvalue weighted by Crippen LogP contribution is -2.32. The molecule has 5 nitrogen and oxygen atoms in total. The highest BCUT2D eigenvalue weighted by molar-refractivity contribution is 5.95. The van der Waals surface area contributed by atoms with Crippen LogP contribution in [0.25, 0.3) is 0 Å². The van der Waals surface area contributed by atoms with Crippen molar-refractivity contribution in [3.63, 3.8) is 0 Å². The van der Waals surface area contributed by atoms with Crippen molar-refractivity contribution in [1.82, 2.24) is 14.7 Å². The number of aliphatic hydroxyl groups excluding tert-OH is 1. The maximum atomic E-state index is 13.5. The SMILES string of the molecule is Cc1c(C(=O)N2C[C@@H](O)C[C@H]2c2cccc(F)c2)cnn1C(C)C. The maximum absolute atomic E-state index is 13.5. The third-order valence-electron chi connectivity index (χ3n) is 4.54. The summed E-state index contributed by atoms with van der Waals surface area (Å²) in [6.07, 6.45) is 1.38. The number of hydrogen-bond donors (Lipinski definition) is 1. The van der Waals surface area contributed by atoms with Gasteiger partial charge in [0.1, 0.15) is 5.82 Å². The number of carbonyl (C=O) groups is 1. The van der Waals surface area contributed by atoms with E-state index in [0.29, 0.717) is 17.5 Å². The summed E-state index contributed by atoms with van der Waals surface area (Å²) in [5, 5.41) is 14.3. The fourth-order valence-electron chi connectivity index (χ4n) is 3.38. The molecular formula is C18H22FN3O2. The van der Waals surface area contributed by atoms with E-state index in [1.165, 1.54) is 12.1 Å². The summed E-state index contributed by atoms with van der Waals surface area (Å²) in [5.41, 5.74) is 2.03. The molecule has 1 aliphatic heterocycles. The number of aliphatic hydroxyl groups is 1. The minimum absolute atomic E-state index is 0.162. The number of aromatic nitrogens is 2. The fraction of sp³-hybridized carbons (Fsp3) is 0.444. The Morgan fingerprint density at radius 2 is 2.17 bits per heavy atom. The number of amides is 1. The number of β-amino-alcohol motifs (C(OH)–C–C–N with tert-alkyl or cyclic N) is 1. The van der Waals surface area contributed by atoms with Crippen LogP contribution in [0.15, 0.2) is 30.5 Å². The zero-order valence-electron chi connectivity index (χ0n) is 14.1.